The maximum atomic E-state index is 11.3. The van der Waals surface area contributed by atoms with Crippen LogP contribution in [0.1, 0.15) is 31.7 Å². The standard InChI is InChI=1S/C14H22N4O2/c1-3-9-17(10-12-5-4-7-15-12)14-13(18(19)20)11(2)6-8-16-14/h6,8,12,15H,3-5,7,9-10H2,1-2H3. The van der Waals surface area contributed by atoms with Crippen LogP contribution in [0.2, 0.25) is 0 Å². The molecule has 1 fully saturated rings. The number of hydrogen-bond donors (Lipinski definition) is 1. The summed E-state index contributed by atoms with van der Waals surface area (Å²) in [5, 5.41) is 14.8. The number of hydrogen-bond acceptors (Lipinski definition) is 5. The first-order valence-corrected chi connectivity index (χ1v) is 7.21. The minimum absolute atomic E-state index is 0.138. The van der Waals surface area contributed by atoms with Crippen LogP contribution in [0.5, 0.6) is 0 Å². The number of nitro groups is 1. The summed E-state index contributed by atoms with van der Waals surface area (Å²) in [5.41, 5.74) is 0.805. The SMILES string of the molecule is CCCN(CC1CCCN1)c1nccc(C)c1[N+](=O)[O-]. The molecule has 6 heteroatoms. The van der Waals surface area contributed by atoms with Crippen molar-refractivity contribution in [3.8, 4) is 0 Å². The number of aryl methyl sites for hydroxylation is 1. The largest absolute Gasteiger partial charge is 0.349 e. The van der Waals surface area contributed by atoms with E-state index in [1.165, 1.54) is 6.42 Å². The summed E-state index contributed by atoms with van der Waals surface area (Å²) in [4.78, 5) is 17.3. The fourth-order valence-electron chi connectivity index (χ4n) is 2.73. The predicted molar refractivity (Wildman–Crippen MR) is 79.2 cm³/mol. The monoisotopic (exact) mass is 278 g/mol. The molecule has 1 aromatic heterocycles. The summed E-state index contributed by atoms with van der Waals surface area (Å²) >= 11 is 0. The van der Waals surface area contributed by atoms with Gasteiger partial charge >= 0.3 is 5.69 Å². The van der Waals surface area contributed by atoms with Crippen LogP contribution < -0.4 is 10.2 Å². The molecule has 1 atom stereocenters. The molecule has 0 bridgehead atoms. The van der Waals surface area contributed by atoms with E-state index in [1.807, 2.05) is 4.90 Å². The Bertz CT molecular complexity index is 472. The molecule has 110 valence electrons. The van der Waals surface area contributed by atoms with Gasteiger partial charge in [-0.1, -0.05) is 6.92 Å². The second-order valence-electron chi connectivity index (χ2n) is 5.30. The number of nitrogens with one attached hydrogen (secondary N) is 1. The number of aromatic nitrogens is 1. The van der Waals surface area contributed by atoms with Gasteiger partial charge < -0.3 is 10.2 Å². The molecular weight excluding hydrogens is 256 g/mol. The highest BCUT2D eigenvalue weighted by atomic mass is 16.6. The smallest absolute Gasteiger partial charge is 0.314 e. The Labute approximate surface area is 119 Å². The Morgan fingerprint density at radius 2 is 2.40 bits per heavy atom. The lowest BCUT2D eigenvalue weighted by atomic mass is 10.2. The van der Waals surface area contributed by atoms with E-state index in [9.17, 15) is 10.1 Å². The lowest BCUT2D eigenvalue weighted by Crippen LogP contribution is -2.38. The third-order valence-corrected chi connectivity index (χ3v) is 3.69. The van der Waals surface area contributed by atoms with Crippen LogP contribution in [0.15, 0.2) is 12.3 Å². The van der Waals surface area contributed by atoms with Crippen molar-refractivity contribution < 1.29 is 4.92 Å². The highest BCUT2D eigenvalue weighted by Gasteiger charge is 2.26. The van der Waals surface area contributed by atoms with Crippen LogP contribution in [0.3, 0.4) is 0 Å². The second-order valence-corrected chi connectivity index (χ2v) is 5.30. The third kappa shape index (κ3) is 3.25. The van der Waals surface area contributed by atoms with Crippen LogP contribution in [-0.4, -0.2) is 35.6 Å². The van der Waals surface area contributed by atoms with E-state index in [0.29, 0.717) is 17.4 Å². The molecule has 6 nitrogen and oxygen atoms in total. The molecule has 0 amide bonds. The van der Waals surface area contributed by atoms with Crippen LogP contribution >= 0.6 is 0 Å². The maximum absolute atomic E-state index is 11.3. The van der Waals surface area contributed by atoms with E-state index < -0.39 is 0 Å². The fraction of sp³-hybridized carbons (Fsp3) is 0.643. The van der Waals surface area contributed by atoms with Gasteiger partial charge in [-0.05, 0) is 38.8 Å². The molecule has 20 heavy (non-hydrogen) atoms. The van der Waals surface area contributed by atoms with Crippen molar-refractivity contribution >= 4 is 11.5 Å². The maximum Gasteiger partial charge on any atom is 0.314 e. The number of rotatable bonds is 6. The minimum atomic E-state index is -0.317. The van der Waals surface area contributed by atoms with E-state index in [1.54, 1.807) is 19.2 Å². The molecule has 1 aliphatic heterocycles. The zero-order valence-corrected chi connectivity index (χ0v) is 12.1. The predicted octanol–water partition coefficient (Wildman–Crippen LogP) is 2.27. The topological polar surface area (TPSA) is 71.3 Å². The van der Waals surface area contributed by atoms with E-state index in [2.05, 4.69) is 17.2 Å². The molecule has 1 N–H and O–H groups in total. The lowest BCUT2D eigenvalue weighted by Gasteiger charge is -2.26. The summed E-state index contributed by atoms with van der Waals surface area (Å²) < 4.78 is 0. The van der Waals surface area contributed by atoms with Gasteiger partial charge in [0.25, 0.3) is 0 Å². The van der Waals surface area contributed by atoms with E-state index in [-0.39, 0.29) is 10.6 Å². The zero-order valence-electron chi connectivity index (χ0n) is 12.1. The fourth-order valence-corrected chi connectivity index (χ4v) is 2.73. The van der Waals surface area contributed by atoms with E-state index >= 15 is 0 Å². The Morgan fingerprint density at radius 1 is 1.60 bits per heavy atom. The van der Waals surface area contributed by atoms with Crippen molar-refractivity contribution in [1.29, 1.82) is 0 Å². The third-order valence-electron chi connectivity index (χ3n) is 3.69. The minimum Gasteiger partial charge on any atom is -0.349 e. The van der Waals surface area contributed by atoms with Gasteiger partial charge in [0.1, 0.15) is 0 Å². The Kier molecular flexibility index (Phi) is 4.89. The van der Waals surface area contributed by atoms with Gasteiger partial charge in [0.2, 0.25) is 5.82 Å². The van der Waals surface area contributed by atoms with Gasteiger partial charge in [-0.3, -0.25) is 10.1 Å². The average Bonchev–Trinajstić information content (AvgIpc) is 2.90. The van der Waals surface area contributed by atoms with Gasteiger partial charge in [-0.2, -0.15) is 0 Å². The first-order chi connectivity index (χ1) is 9.63. The Morgan fingerprint density at radius 3 is 3.00 bits per heavy atom. The van der Waals surface area contributed by atoms with Crippen LogP contribution in [-0.2, 0) is 0 Å². The number of nitrogens with zero attached hydrogens (tertiary/aromatic N) is 3. The highest BCUT2D eigenvalue weighted by Crippen LogP contribution is 2.29. The number of anilines is 1. The molecule has 0 radical (unpaired) electrons. The molecule has 0 aliphatic carbocycles. The van der Waals surface area contributed by atoms with Crippen molar-refractivity contribution in [2.75, 3.05) is 24.5 Å². The van der Waals surface area contributed by atoms with E-state index in [4.69, 9.17) is 0 Å². The quantitative estimate of drug-likeness (QED) is 0.638. The van der Waals surface area contributed by atoms with Crippen LogP contribution in [0.25, 0.3) is 0 Å². The van der Waals surface area contributed by atoms with E-state index in [0.717, 1.165) is 32.5 Å². The van der Waals surface area contributed by atoms with Crippen molar-refractivity contribution in [1.82, 2.24) is 10.3 Å². The Hall–Kier alpha value is -1.69. The molecule has 1 unspecified atom stereocenters. The molecule has 1 aromatic rings. The van der Waals surface area contributed by atoms with Crippen molar-refractivity contribution in [3.05, 3.63) is 27.9 Å². The van der Waals surface area contributed by atoms with Crippen molar-refractivity contribution in [3.63, 3.8) is 0 Å². The average molecular weight is 278 g/mol. The molecule has 0 aromatic carbocycles. The van der Waals surface area contributed by atoms with Gasteiger partial charge in [-0.25, -0.2) is 4.98 Å². The van der Waals surface area contributed by atoms with Crippen LogP contribution in [0.4, 0.5) is 11.5 Å². The molecule has 2 rings (SSSR count). The van der Waals surface area contributed by atoms with Crippen molar-refractivity contribution in [2.24, 2.45) is 0 Å². The molecular formula is C14H22N4O2. The molecule has 0 saturated carbocycles. The Balaban J connectivity index is 2.28. The highest BCUT2D eigenvalue weighted by molar-refractivity contribution is 5.61. The number of pyridine rings is 1. The molecule has 2 heterocycles. The second kappa shape index (κ2) is 6.65. The van der Waals surface area contributed by atoms with Crippen LogP contribution in [0, 0.1) is 17.0 Å². The van der Waals surface area contributed by atoms with Gasteiger partial charge in [-0.15, -0.1) is 0 Å². The zero-order chi connectivity index (χ0) is 14.5. The summed E-state index contributed by atoms with van der Waals surface area (Å²) in [5.74, 6) is 0.505. The normalized spacial score (nSPS) is 18.2. The summed E-state index contributed by atoms with van der Waals surface area (Å²) in [7, 11) is 0. The van der Waals surface area contributed by atoms with Gasteiger partial charge in [0.05, 0.1) is 4.92 Å². The first kappa shape index (κ1) is 14.7. The van der Waals surface area contributed by atoms with Gasteiger partial charge in [0, 0.05) is 30.9 Å². The van der Waals surface area contributed by atoms with Crippen molar-refractivity contribution in [2.45, 2.75) is 39.2 Å². The summed E-state index contributed by atoms with van der Waals surface area (Å²) in [6.07, 6.45) is 4.90. The first-order valence-electron chi connectivity index (χ1n) is 7.21. The summed E-state index contributed by atoms with van der Waals surface area (Å²) in [6, 6.07) is 2.10. The van der Waals surface area contributed by atoms with Gasteiger partial charge in [0.15, 0.2) is 0 Å². The molecule has 1 saturated heterocycles. The molecule has 0 spiro atoms. The molecule has 1 aliphatic rings. The lowest BCUT2D eigenvalue weighted by molar-refractivity contribution is -0.384. The summed E-state index contributed by atoms with van der Waals surface area (Å²) in [6.45, 7) is 6.45.